The molecule has 0 saturated carbocycles. The van der Waals surface area contributed by atoms with Gasteiger partial charge in [-0.15, -0.1) is 0 Å². The van der Waals surface area contributed by atoms with Crippen molar-refractivity contribution in [2.75, 3.05) is 0 Å². The summed E-state index contributed by atoms with van der Waals surface area (Å²) in [5.41, 5.74) is 0. The fourth-order valence-corrected chi connectivity index (χ4v) is 2.39. The first-order valence-electron chi connectivity index (χ1n) is 4.51. The normalized spacial score (nSPS) is 10.7. The van der Waals surface area contributed by atoms with Crippen molar-refractivity contribution in [3.05, 3.63) is 53.0 Å². The Labute approximate surface area is 105 Å². The highest BCUT2D eigenvalue weighted by Gasteiger charge is 2.21. The summed E-state index contributed by atoms with van der Waals surface area (Å²) in [4.78, 5) is 13.1. The van der Waals surface area contributed by atoms with Gasteiger partial charge in [0, 0.05) is 8.41 Å². The lowest BCUT2D eigenvalue weighted by molar-refractivity contribution is -0.389. The molecule has 0 spiro atoms. The zero-order chi connectivity index (χ0) is 12.5. The molecule has 1 aromatic heterocycles. The second-order valence-corrected chi connectivity index (χ2v) is 4.98. The molecule has 0 aliphatic carbocycles. The number of benzene rings is 1. The molecule has 0 atom stereocenters. The van der Waals surface area contributed by atoms with Crippen LogP contribution in [0.1, 0.15) is 0 Å². The molecule has 3 radical (unpaired) electrons. The van der Waals surface area contributed by atoms with Crippen molar-refractivity contribution in [1.82, 2.24) is 8.96 Å². The monoisotopic (exact) mass is 264 g/mol. The van der Waals surface area contributed by atoms with Gasteiger partial charge in [0.05, 0.1) is 4.90 Å². The first-order chi connectivity index (χ1) is 8.01. The molecule has 7 nitrogen and oxygen atoms in total. The van der Waals surface area contributed by atoms with Crippen LogP contribution in [0.15, 0.2) is 47.8 Å². The second kappa shape index (κ2) is 5.00. The van der Waals surface area contributed by atoms with Gasteiger partial charge in [-0.25, -0.2) is 12.4 Å². The van der Waals surface area contributed by atoms with Crippen LogP contribution >= 0.6 is 0 Å². The quantitative estimate of drug-likeness (QED) is 0.460. The predicted molar refractivity (Wildman–Crippen MR) is 63.7 cm³/mol. The van der Waals surface area contributed by atoms with Gasteiger partial charge in [0.25, 0.3) is 10.0 Å². The van der Waals surface area contributed by atoms with Gasteiger partial charge in [0.15, 0.2) is 0 Å². The summed E-state index contributed by atoms with van der Waals surface area (Å²) in [6, 6.07) is 7.62. The Morgan fingerprint density at radius 2 is 1.83 bits per heavy atom. The van der Waals surface area contributed by atoms with Crippen molar-refractivity contribution in [1.29, 1.82) is 0 Å². The van der Waals surface area contributed by atoms with E-state index in [1.54, 1.807) is 18.2 Å². The number of nitro groups is 1. The highest BCUT2D eigenvalue weighted by molar-refractivity contribution is 7.90. The molecule has 1 heterocycles. The summed E-state index contributed by atoms with van der Waals surface area (Å²) in [5.74, 6) is -0.510. The Balaban J connectivity index is 0.00000162. The van der Waals surface area contributed by atoms with Crippen LogP contribution in [0.2, 0.25) is 0 Å². The van der Waals surface area contributed by atoms with Crippen molar-refractivity contribution in [3.8, 4) is 0 Å². The molecule has 1 aromatic carbocycles. The number of hydrogen-bond acceptors (Lipinski definition) is 5. The van der Waals surface area contributed by atoms with Gasteiger partial charge in [0.2, 0.25) is 6.33 Å². The molecule has 0 aliphatic rings. The molecule has 0 N–H and O–H groups in total. The third-order valence-electron chi connectivity index (χ3n) is 2.05. The molecule has 18 heavy (non-hydrogen) atoms. The van der Waals surface area contributed by atoms with E-state index in [-0.39, 0.29) is 13.3 Å². The molecular formula is C9H7BN3O4S. The molecule has 2 aromatic rings. The third-order valence-corrected chi connectivity index (χ3v) is 3.67. The fourth-order valence-electron chi connectivity index (χ4n) is 1.24. The van der Waals surface area contributed by atoms with Gasteiger partial charge >= 0.3 is 5.82 Å². The Hall–Kier alpha value is -2.16. The Kier molecular flexibility index (Phi) is 3.87. The maximum Gasteiger partial charge on any atom is 0.382 e. The summed E-state index contributed by atoms with van der Waals surface area (Å²) in [6.45, 7) is 0. The molecule has 0 unspecified atom stereocenters. The summed E-state index contributed by atoms with van der Waals surface area (Å²) in [5, 5.41) is 10.4. The van der Waals surface area contributed by atoms with E-state index in [4.69, 9.17) is 0 Å². The van der Waals surface area contributed by atoms with E-state index in [9.17, 15) is 18.5 Å². The average molecular weight is 264 g/mol. The van der Waals surface area contributed by atoms with Gasteiger partial charge in [-0.3, -0.25) is 0 Å². The largest absolute Gasteiger partial charge is 0.382 e. The van der Waals surface area contributed by atoms with E-state index >= 15 is 0 Å². The van der Waals surface area contributed by atoms with E-state index in [0.29, 0.717) is 0 Å². The zero-order valence-electron chi connectivity index (χ0n) is 9.00. The molecule has 0 bridgehead atoms. The van der Waals surface area contributed by atoms with Crippen molar-refractivity contribution in [2.24, 2.45) is 0 Å². The lowest BCUT2D eigenvalue weighted by Gasteiger charge is -2.02. The standard InChI is InChI=1S/C9H7N3O4S.B/c13-12(14)9-6-11(7-10-9)17(15,16)8-4-2-1-3-5-8;/h1-7H;. The van der Waals surface area contributed by atoms with E-state index in [1.807, 2.05) is 0 Å². The van der Waals surface area contributed by atoms with Crippen molar-refractivity contribution in [3.63, 3.8) is 0 Å². The lowest BCUT2D eigenvalue weighted by Crippen LogP contribution is -2.10. The predicted octanol–water partition coefficient (Wildman–Crippen LogP) is 0.647. The lowest BCUT2D eigenvalue weighted by atomic mass is 10.4. The molecule has 0 saturated heterocycles. The second-order valence-electron chi connectivity index (χ2n) is 3.14. The van der Waals surface area contributed by atoms with Gasteiger partial charge in [-0.05, 0) is 22.0 Å². The minimum absolute atomic E-state index is 0. The number of imidazole rings is 1. The van der Waals surface area contributed by atoms with Gasteiger partial charge in [0.1, 0.15) is 6.20 Å². The van der Waals surface area contributed by atoms with Crippen molar-refractivity contribution >= 4 is 24.3 Å². The van der Waals surface area contributed by atoms with Crippen LogP contribution < -0.4 is 0 Å². The average Bonchev–Trinajstić information content (AvgIpc) is 2.80. The maximum absolute atomic E-state index is 12.0. The van der Waals surface area contributed by atoms with Gasteiger partial charge in [-0.1, -0.05) is 18.2 Å². The molecule has 9 heteroatoms. The molecule has 0 fully saturated rings. The smallest absolute Gasteiger partial charge is 0.358 e. The van der Waals surface area contributed by atoms with E-state index < -0.39 is 20.8 Å². The molecule has 0 aliphatic heterocycles. The van der Waals surface area contributed by atoms with E-state index in [2.05, 4.69) is 4.98 Å². The van der Waals surface area contributed by atoms with Crippen LogP contribution in [0.3, 0.4) is 0 Å². The van der Waals surface area contributed by atoms with Crippen molar-refractivity contribution < 1.29 is 13.3 Å². The highest BCUT2D eigenvalue weighted by Crippen LogP contribution is 2.15. The topological polar surface area (TPSA) is 95.1 Å². The van der Waals surface area contributed by atoms with E-state index in [0.717, 1.165) is 16.5 Å². The van der Waals surface area contributed by atoms with Gasteiger partial charge < -0.3 is 10.1 Å². The first kappa shape index (κ1) is 13.9. The van der Waals surface area contributed by atoms with Crippen molar-refractivity contribution in [2.45, 2.75) is 4.90 Å². The summed E-state index contributed by atoms with van der Waals surface area (Å²) in [7, 11) is -3.80. The molecule has 0 amide bonds. The molecule has 2 rings (SSSR count). The number of hydrogen-bond donors (Lipinski definition) is 0. The maximum atomic E-state index is 12.0. The zero-order valence-corrected chi connectivity index (χ0v) is 9.82. The highest BCUT2D eigenvalue weighted by atomic mass is 32.2. The number of aromatic nitrogens is 2. The number of rotatable bonds is 3. The fraction of sp³-hybridized carbons (Fsp3) is 0. The van der Waals surface area contributed by atoms with Crippen LogP contribution in [0.25, 0.3) is 0 Å². The summed E-state index contributed by atoms with van der Waals surface area (Å²) >= 11 is 0. The van der Waals surface area contributed by atoms with Gasteiger partial charge in [-0.2, -0.15) is 0 Å². The summed E-state index contributed by atoms with van der Waals surface area (Å²) in [6.07, 6.45) is 1.77. The third kappa shape index (κ3) is 2.40. The van der Waals surface area contributed by atoms with Crippen LogP contribution in [0.4, 0.5) is 5.82 Å². The molecule has 91 valence electrons. The SMILES string of the molecule is O=[N+]([O-])c1cn(S(=O)(=O)c2ccccc2)cn1.[B]. The van der Waals surface area contributed by atoms with Crippen LogP contribution in [0, 0.1) is 10.1 Å². The Morgan fingerprint density at radius 1 is 1.22 bits per heavy atom. The number of nitrogens with zero attached hydrogens (tertiary/aromatic N) is 3. The van der Waals surface area contributed by atoms with Crippen LogP contribution in [-0.2, 0) is 10.0 Å². The molecular weight excluding hydrogens is 257 g/mol. The van der Waals surface area contributed by atoms with Crippen LogP contribution in [0.5, 0.6) is 0 Å². The first-order valence-corrected chi connectivity index (χ1v) is 5.95. The summed E-state index contributed by atoms with van der Waals surface area (Å²) < 4.78 is 24.7. The van der Waals surface area contributed by atoms with Crippen LogP contribution in [-0.4, -0.2) is 30.7 Å². The Morgan fingerprint density at radius 3 is 2.33 bits per heavy atom. The Bertz CT molecular complexity index is 653. The minimum atomic E-state index is -3.80. The minimum Gasteiger partial charge on any atom is -0.358 e. The van der Waals surface area contributed by atoms with E-state index in [1.165, 1.54) is 12.1 Å².